The molecule has 1 aliphatic rings. The van der Waals surface area contributed by atoms with Crippen molar-refractivity contribution in [3.63, 3.8) is 0 Å². The molecular formula is C17H17N5O7S. The molecule has 4 N–H and O–H groups in total. The third-order valence-electron chi connectivity index (χ3n) is 4.93. The van der Waals surface area contributed by atoms with Crippen LogP contribution in [0, 0.1) is 10.1 Å². The lowest BCUT2D eigenvalue weighted by molar-refractivity contribution is -0.650. The second-order valence-corrected chi connectivity index (χ2v) is 7.77. The van der Waals surface area contributed by atoms with E-state index in [1.165, 1.54) is 0 Å². The summed E-state index contributed by atoms with van der Waals surface area (Å²) in [4.78, 5) is 33.3. The molecule has 2 aromatic heterocycles. The molecule has 0 radical (unpaired) electrons. The molecule has 0 saturated carbocycles. The number of imidazole rings is 1. The summed E-state index contributed by atoms with van der Waals surface area (Å²) >= 11 is 0.807. The molecule has 0 unspecified atom stereocenters. The molecule has 4 atom stereocenters. The summed E-state index contributed by atoms with van der Waals surface area (Å²) in [5.74, 6) is 0.130. The van der Waals surface area contributed by atoms with Crippen LogP contribution in [0.3, 0.4) is 0 Å². The van der Waals surface area contributed by atoms with E-state index in [-0.39, 0.29) is 16.9 Å². The summed E-state index contributed by atoms with van der Waals surface area (Å²) < 4.78 is 6.79. The SMILES string of the molecule is O=c1[nH]cnc2c1ncn2[C@]1(SCc2ccccc2)O[C@H](CO)[C@@H](O)[C@]1(O)[N+](=O)[O-]. The van der Waals surface area contributed by atoms with Crippen molar-refractivity contribution >= 4 is 22.9 Å². The third-order valence-corrected chi connectivity index (χ3v) is 6.40. The predicted molar refractivity (Wildman–Crippen MR) is 104 cm³/mol. The molecule has 30 heavy (non-hydrogen) atoms. The number of fused-ring (bicyclic) bond motifs is 1. The Balaban J connectivity index is 1.93. The molecule has 12 nitrogen and oxygen atoms in total. The van der Waals surface area contributed by atoms with Crippen molar-refractivity contribution in [1.29, 1.82) is 0 Å². The molecule has 3 aromatic rings. The van der Waals surface area contributed by atoms with Gasteiger partial charge in [0.25, 0.3) is 10.6 Å². The number of nitrogens with one attached hydrogen (secondary N) is 1. The van der Waals surface area contributed by atoms with Crippen molar-refractivity contribution in [2.75, 3.05) is 6.61 Å². The molecule has 1 aliphatic heterocycles. The number of nitro groups is 1. The van der Waals surface area contributed by atoms with Crippen LogP contribution >= 0.6 is 11.8 Å². The van der Waals surface area contributed by atoms with Crippen molar-refractivity contribution in [1.82, 2.24) is 19.5 Å². The van der Waals surface area contributed by atoms with E-state index in [0.717, 1.165) is 34.5 Å². The van der Waals surface area contributed by atoms with Crippen LogP contribution in [0.5, 0.6) is 0 Å². The van der Waals surface area contributed by atoms with E-state index in [2.05, 4.69) is 15.0 Å². The smallest absolute Gasteiger partial charge is 0.394 e. The number of aliphatic hydroxyl groups is 3. The van der Waals surface area contributed by atoms with Crippen molar-refractivity contribution in [2.45, 2.75) is 28.7 Å². The number of rotatable bonds is 6. The lowest BCUT2D eigenvalue weighted by Crippen LogP contribution is -2.61. The minimum Gasteiger partial charge on any atom is -0.394 e. The van der Waals surface area contributed by atoms with Gasteiger partial charge in [0.2, 0.25) is 0 Å². The minimum absolute atomic E-state index is 0.0922. The van der Waals surface area contributed by atoms with Gasteiger partial charge in [0, 0.05) is 5.75 Å². The van der Waals surface area contributed by atoms with Crippen molar-refractivity contribution in [3.8, 4) is 0 Å². The highest BCUT2D eigenvalue weighted by atomic mass is 32.2. The molecule has 1 fully saturated rings. The van der Waals surface area contributed by atoms with Crippen LogP contribution in [0.4, 0.5) is 0 Å². The van der Waals surface area contributed by atoms with Crippen LogP contribution in [0.1, 0.15) is 5.56 Å². The van der Waals surface area contributed by atoms with Gasteiger partial charge >= 0.3 is 5.72 Å². The van der Waals surface area contributed by atoms with Crippen molar-refractivity contribution in [3.05, 3.63) is 69.0 Å². The van der Waals surface area contributed by atoms with Crippen LogP contribution in [-0.4, -0.2) is 64.3 Å². The zero-order valence-corrected chi connectivity index (χ0v) is 16.1. The number of hydrogen-bond donors (Lipinski definition) is 4. The Kier molecular flexibility index (Phi) is 5.07. The number of aromatic nitrogens is 4. The number of ether oxygens (including phenoxy) is 1. The highest BCUT2D eigenvalue weighted by Crippen LogP contribution is 2.53. The molecule has 158 valence electrons. The molecular weight excluding hydrogens is 418 g/mol. The Morgan fingerprint density at radius 2 is 2.07 bits per heavy atom. The van der Waals surface area contributed by atoms with E-state index in [0.29, 0.717) is 0 Å². The minimum atomic E-state index is -3.09. The summed E-state index contributed by atoms with van der Waals surface area (Å²) in [6.45, 7) is -0.786. The molecule has 0 aliphatic carbocycles. The normalized spacial score (nSPS) is 28.8. The first-order valence-electron chi connectivity index (χ1n) is 8.78. The molecule has 4 rings (SSSR count). The van der Waals surface area contributed by atoms with Crippen LogP contribution < -0.4 is 5.56 Å². The van der Waals surface area contributed by atoms with Gasteiger partial charge in [-0.2, -0.15) is 0 Å². The second-order valence-electron chi connectivity index (χ2n) is 6.64. The van der Waals surface area contributed by atoms with Gasteiger partial charge in [0.15, 0.2) is 17.3 Å². The monoisotopic (exact) mass is 435 g/mol. The quantitative estimate of drug-likeness (QED) is 0.222. The van der Waals surface area contributed by atoms with E-state index in [9.17, 15) is 30.2 Å². The fourth-order valence-electron chi connectivity index (χ4n) is 3.42. The maximum absolute atomic E-state index is 12.1. The standard InChI is InChI=1S/C17H17N5O7S/c23-6-11-13(24)16(26,22(27)28)17(29-11,30-7-10-4-2-1-3-5-10)21-9-20-12-14(21)18-8-19-15(12)25/h1-5,8-9,11,13,23-24,26H,6-7H2,(H,18,19,25)/t11-,13-,16-,17+/m1/s1. The van der Waals surface area contributed by atoms with Crippen LogP contribution in [0.15, 0.2) is 47.8 Å². The van der Waals surface area contributed by atoms with Crippen LogP contribution in [0.25, 0.3) is 11.2 Å². The van der Waals surface area contributed by atoms with Gasteiger partial charge in [-0.25, -0.2) is 9.97 Å². The summed E-state index contributed by atoms with van der Waals surface area (Å²) in [5.41, 5.74) is -3.14. The lowest BCUT2D eigenvalue weighted by Gasteiger charge is -2.35. The van der Waals surface area contributed by atoms with Crippen LogP contribution in [0.2, 0.25) is 0 Å². The number of aliphatic hydroxyl groups excluding tert-OH is 2. The van der Waals surface area contributed by atoms with Crippen molar-refractivity contribution in [2.24, 2.45) is 0 Å². The summed E-state index contributed by atoms with van der Waals surface area (Å²) in [6, 6.07) is 8.90. The van der Waals surface area contributed by atoms with Crippen LogP contribution in [-0.2, 0) is 15.5 Å². The first-order chi connectivity index (χ1) is 14.3. The average Bonchev–Trinajstić information content (AvgIpc) is 3.28. The zero-order valence-electron chi connectivity index (χ0n) is 15.3. The maximum atomic E-state index is 12.1. The summed E-state index contributed by atoms with van der Waals surface area (Å²) in [5, 5.41) is 41.0. The Bertz CT molecular complexity index is 1140. The molecule has 13 heteroatoms. The van der Waals surface area contributed by atoms with E-state index < -0.39 is 40.1 Å². The number of aromatic amines is 1. The predicted octanol–water partition coefficient (Wildman–Crippen LogP) is -0.619. The first kappa shape index (κ1) is 20.4. The zero-order chi connectivity index (χ0) is 21.5. The van der Waals surface area contributed by atoms with Crippen molar-refractivity contribution < 1.29 is 25.0 Å². The molecule has 0 bridgehead atoms. The number of hydrogen-bond acceptors (Lipinski definition) is 10. The number of nitrogens with zero attached hydrogens (tertiary/aromatic N) is 4. The van der Waals surface area contributed by atoms with E-state index in [1.54, 1.807) is 30.3 Å². The third kappa shape index (κ3) is 2.82. The fraction of sp³-hybridized carbons (Fsp3) is 0.353. The molecule has 1 aromatic carbocycles. The fourth-order valence-corrected chi connectivity index (χ4v) is 4.85. The van der Waals surface area contributed by atoms with Gasteiger partial charge < -0.3 is 25.0 Å². The summed E-state index contributed by atoms with van der Waals surface area (Å²) in [6.07, 6.45) is -1.38. The Morgan fingerprint density at radius 1 is 1.33 bits per heavy atom. The highest BCUT2D eigenvalue weighted by Gasteiger charge is 2.77. The van der Waals surface area contributed by atoms with Gasteiger partial charge in [-0.05, 0) is 5.56 Å². The molecule has 0 amide bonds. The van der Waals surface area contributed by atoms with E-state index in [1.807, 2.05) is 0 Å². The largest absolute Gasteiger partial charge is 0.409 e. The number of thioether (sulfide) groups is 1. The van der Waals surface area contributed by atoms with Gasteiger partial charge in [-0.15, -0.1) is 0 Å². The first-order valence-corrected chi connectivity index (χ1v) is 9.76. The number of H-pyrrole nitrogens is 1. The second kappa shape index (κ2) is 7.45. The van der Waals surface area contributed by atoms with Gasteiger partial charge in [-0.3, -0.25) is 19.5 Å². The lowest BCUT2D eigenvalue weighted by atomic mass is 10.0. The van der Waals surface area contributed by atoms with E-state index >= 15 is 0 Å². The molecule has 0 spiro atoms. The van der Waals surface area contributed by atoms with Gasteiger partial charge in [-0.1, -0.05) is 42.1 Å². The van der Waals surface area contributed by atoms with Gasteiger partial charge in [0.05, 0.1) is 17.9 Å². The Morgan fingerprint density at radius 3 is 2.73 bits per heavy atom. The topological polar surface area (TPSA) is 177 Å². The summed E-state index contributed by atoms with van der Waals surface area (Å²) in [7, 11) is 0. The Labute approximate surface area is 172 Å². The number of benzene rings is 1. The molecule has 3 heterocycles. The maximum Gasteiger partial charge on any atom is 0.409 e. The van der Waals surface area contributed by atoms with Gasteiger partial charge in [0.1, 0.15) is 12.4 Å². The highest BCUT2D eigenvalue weighted by molar-refractivity contribution is 7.99. The van der Waals surface area contributed by atoms with E-state index in [4.69, 9.17) is 4.74 Å². The Hall–Kier alpha value is -2.84. The average molecular weight is 435 g/mol. The molecule has 1 saturated heterocycles.